The van der Waals surface area contributed by atoms with Crippen molar-refractivity contribution in [1.82, 2.24) is 19.9 Å². The maximum absolute atomic E-state index is 14.2. The van der Waals surface area contributed by atoms with Gasteiger partial charge in [-0.05, 0) is 12.1 Å². The van der Waals surface area contributed by atoms with Crippen LogP contribution in [0.4, 0.5) is 15.9 Å². The molecule has 5 rings (SSSR count). The van der Waals surface area contributed by atoms with Gasteiger partial charge in [-0.25, -0.2) is 4.39 Å². The van der Waals surface area contributed by atoms with Crippen LogP contribution in [0.1, 0.15) is 0 Å². The molecule has 148 valence electrons. The van der Waals surface area contributed by atoms with Crippen molar-refractivity contribution < 1.29 is 9.13 Å². The number of pyridine rings is 1. The van der Waals surface area contributed by atoms with Gasteiger partial charge in [-0.3, -0.25) is 4.98 Å². The van der Waals surface area contributed by atoms with Gasteiger partial charge in [0.15, 0.2) is 5.75 Å². The van der Waals surface area contributed by atoms with Gasteiger partial charge in [0.1, 0.15) is 17.3 Å². The van der Waals surface area contributed by atoms with Crippen LogP contribution in [0.5, 0.6) is 11.8 Å². The van der Waals surface area contributed by atoms with Crippen molar-refractivity contribution in [2.75, 3.05) is 30.4 Å². The summed E-state index contributed by atoms with van der Waals surface area (Å²) >= 11 is 5.98. The Hall–Kier alpha value is -3.17. The number of hydrogen-bond acceptors (Lipinski definition) is 7. The average molecular weight is 414 g/mol. The fourth-order valence-corrected chi connectivity index (χ4v) is 3.70. The van der Waals surface area contributed by atoms with Crippen LogP contribution >= 0.6 is 11.6 Å². The van der Waals surface area contributed by atoms with Crippen LogP contribution in [0.15, 0.2) is 30.6 Å². The zero-order chi connectivity index (χ0) is 20.1. The van der Waals surface area contributed by atoms with E-state index in [0.29, 0.717) is 46.4 Å². The summed E-state index contributed by atoms with van der Waals surface area (Å²) in [5.74, 6) is 0.709. The normalized spacial score (nSPS) is 14.4. The first-order valence-corrected chi connectivity index (χ1v) is 9.39. The number of halogens is 2. The van der Waals surface area contributed by atoms with E-state index in [2.05, 4.69) is 25.3 Å². The summed E-state index contributed by atoms with van der Waals surface area (Å²) in [6, 6.07) is 4.73. The van der Waals surface area contributed by atoms with Gasteiger partial charge in [-0.2, -0.15) is 9.97 Å². The Kier molecular flexibility index (Phi) is 4.14. The van der Waals surface area contributed by atoms with Crippen molar-refractivity contribution in [3.05, 3.63) is 41.4 Å². The summed E-state index contributed by atoms with van der Waals surface area (Å²) in [5, 5.41) is 4.86. The molecule has 0 spiro atoms. The maximum Gasteiger partial charge on any atom is 0.326 e. The number of H-pyrrole nitrogens is 1. The smallest absolute Gasteiger partial charge is 0.326 e. The Morgan fingerprint density at radius 2 is 2.10 bits per heavy atom. The second kappa shape index (κ2) is 6.71. The molecule has 0 bridgehead atoms. The number of aromatic nitrogens is 4. The predicted octanol–water partition coefficient (Wildman–Crippen LogP) is 3.28. The van der Waals surface area contributed by atoms with Crippen molar-refractivity contribution in [1.29, 1.82) is 0 Å². The van der Waals surface area contributed by atoms with E-state index in [1.54, 1.807) is 13.1 Å². The van der Waals surface area contributed by atoms with E-state index < -0.39 is 0 Å². The standard InChI is InChI=1S/C19H17ClFN7O/c1-23-14-4-10(21)3-13-15-17(25-16(13)14)26-19(27-18(15)28-7-11(22)8-28)29-12-2-9(20)5-24-6-12/h2-6,11,23H,7-8,22H2,1H3,(H,25,26,27). The van der Waals surface area contributed by atoms with Crippen molar-refractivity contribution in [2.24, 2.45) is 5.73 Å². The number of benzene rings is 1. The van der Waals surface area contributed by atoms with Crippen LogP contribution < -0.4 is 20.7 Å². The molecule has 4 heterocycles. The fourth-order valence-electron chi connectivity index (χ4n) is 3.54. The minimum absolute atomic E-state index is 0.0660. The highest BCUT2D eigenvalue weighted by Crippen LogP contribution is 2.38. The SMILES string of the molecule is CNc1cc(F)cc2c1[nH]c1nc(Oc3cncc(Cl)c3)nc(N3CC(N)C3)c12. The Morgan fingerprint density at radius 1 is 1.28 bits per heavy atom. The van der Waals surface area contributed by atoms with Gasteiger partial charge in [0.05, 0.1) is 27.8 Å². The van der Waals surface area contributed by atoms with Gasteiger partial charge < -0.3 is 25.7 Å². The molecule has 0 atom stereocenters. The largest absolute Gasteiger partial charge is 0.422 e. The Balaban J connectivity index is 1.71. The van der Waals surface area contributed by atoms with Crippen LogP contribution in [0.25, 0.3) is 21.9 Å². The molecule has 1 saturated heterocycles. The number of aromatic amines is 1. The lowest BCUT2D eigenvalue weighted by atomic mass is 10.1. The second-order valence-electron chi connectivity index (χ2n) is 6.91. The number of rotatable bonds is 4. The summed E-state index contributed by atoms with van der Waals surface area (Å²) in [4.78, 5) is 18.4. The average Bonchev–Trinajstić information content (AvgIpc) is 3.02. The molecule has 1 aliphatic rings. The molecule has 0 radical (unpaired) electrons. The number of ether oxygens (including phenoxy) is 1. The van der Waals surface area contributed by atoms with E-state index in [1.165, 1.54) is 24.5 Å². The first kappa shape index (κ1) is 17.9. The van der Waals surface area contributed by atoms with E-state index in [9.17, 15) is 4.39 Å². The van der Waals surface area contributed by atoms with E-state index in [-0.39, 0.29) is 17.9 Å². The molecule has 0 amide bonds. The molecule has 0 unspecified atom stereocenters. The zero-order valence-corrected chi connectivity index (χ0v) is 16.2. The number of fused-ring (bicyclic) bond motifs is 3. The van der Waals surface area contributed by atoms with Gasteiger partial charge >= 0.3 is 6.01 Å². The summed E-state index contributed by atoms with van der Waals surface area (Å²) < 4.78 is 20.0. The van der Waals surface area contributed by atoms with Gasteiger partial charge in [0, 0.05) is 43.8 Å². The molecule has 8 nitrogen and oxygen atoms in total. The van der Waals surface area contributed by atoms with Crippen molar-refractivity contribution >= 4 is 45.0 Å². The lowest BCUT2D eigenvalue weighted by Gasteiger charge is -2.38. The molecule has 10 heteroatoms. The van der Waals surface area contributed by atoms with Gasteiger partial charge in [-0.15, -0.1) is 0 Å². The first-order valence-electron chi connectivity index (χ1n) is 9.01. The molecule has 1 aromatic carbocycles. The van der Waals surface area contributed by atoms with Crippen molar-refractivity contribution in [2.45, 2.75) is 6.04 Å². The van der Waals surface area contributed by atoms with E-state index >= 15 is 0 Å². The number of anilines is 2. The molecule has 3 aromatic heterocycles. The Morgan fingerprint density at radius 3 is 2.83 bits per heavy atom. The molecule has 29 heavy (non-hydrogen) atoms. The highest BCUT2D eigenvalue weighted by Gasteiger charge is 2.29. The molecule has 0 aliphatic carbocycles. The number of nitrogens with zero attached hydrogens (tertiary/aromatic N) is 4. The van der Waals surface area contributed by atoms with Crippen LogP contribution in [-0.4, -0.2) is 46.1 Å². The number of nitrogens with one attached hydrogen (secondary N) is 2. The van der Waals surface area contributed by atoms with Crippen LogP contribution in [0.3, 0.4) is 0 Å². The molecule has 4 aromatic rings. The van der Waals surface area contributed by atoms with Gasteiger partial charge in [-0.1, -0.05) is 11.6 Å². The molecular formula is C19H17ClFN7O. The quantitative estimate of drug-likeness (QED) is 0.471. The third-order valence-electron chi connectivity index (χ3n) is 4.85. The summed E-state index contributed by atoms with van der Waals surface area (Å²) in [5.41, 5.74) is 7.88. The van der Waals surface area contributed by atoms with Crippen LogP contribution in [0, 0.1) is 5.82 Å². The fraction of sp³-hybridized carbons (Fsp3) is 0.211. The summed E-state index contributed by atoms with van der Waals surface area (Å²) in [7, 11) is 1.74. The van der Waals surface area contributed by atoms with E-state index in [0.717, 1.165) is 10.9 Å². The maximum atomic E-state index is 14.2. The van der Waals surface area contributed by atoms with Gasteiger partial charge in [0.25, 0.3) is 0 Å². The number of hydrogen-bond donors (Lipinski definition) is 3. The number of nitrogens with two attached hydrogens (primary N) is 1. The third kappa shape index (κ3) is 3.08. The molecule has 4 N–H and O–H groups in total. The minimum atomic E-state index is -0.348. The van der Waals surface area contributed by atoms with E-state index in [4.69, 9.17) is 22.1 Å². The molecule has 1 aliphatic heterocycles. The van der Waals surface area contributed by atoms with Crippen molar-refractivity contribution in [3.8, 4) is 11.8 Å². The predicted molar refractivity (Wildman–Crippen MR) is 110 cm³/mol. The molecular weight excluding hydrogens is 397 g/mol. The third-order valence-corrected chi connectivity index (χ3v) is 5.06. The highest BCUT2D eigenvalue weighted by molar-refractivity contribution is 6.30. The highest BCUT2D eigenvalue weighted by atomic mass is 35.5. The Labute approximate surface area is 169 Å². The first-order chi connectivity index (χ1) is 14.0. The monoisotopic (exact) mass is 413 g/mol. The topological polar surface area (TPSA) is 105 Å². The second-order valence-corrected chi connectivity index (χ2v) is 7.35. The Bertz CT molecular complexity index is 1240. The van der Waals surface area contributed by atoms with E-state index in [1.807, 2.05) is 4.90 Å². The zero-order valence-electron chi connectivity index (χ0n) is 15.4. The molecule has 0 saturated carbocycles. The van der Waals surface area contributed by atoms with Crippen LogP contribution in [0.2, 0.25) is 5.02 Å². The molecule has 1 fully saturated rings. The van der Waals surface area contributed by atoms with Crippen LogP contribution in [-0.2, 0) is 0 Å². The minimum Gasteiger partial charge on any atom is -0.422 e. The van der Waals surface area contributed by atoms with Gasteiger partial charge in [0.2, 0.25) is 0 Å². The lowest BCUT2D eigenvalue weighted by Crippen LogP contribution is -2.56. The summed E-state index contributed by atoms with van der Waals surface area (Å²) in [6.45, 7) is 1.29. The lowest BCUT2D eigenvalue weighted by molar-refractivity contribution is 0.438. The summed E-state index contributed by atoms with van der Waals surface area (Å²) in [6.07, 6.45) is 3.04. The van der Waals surface area contributed by atoms with Crippen molar-refractivity contribution in [3.63, 3.8) is 0 Å².